The van der Waals surface area contributed by atoms with Crippen molar-refractivity contribution in [1.82, 2.24) is 0 Å². The largest absolute Gasteiger partial charge is 0.465 e. The first kappa shape index (κ1) is 37.2. The van der Waals surface area contributed by atoms with Crippen LogP contribution in [-0.2, 0) is 51.3 Å². The monoisotopic (exact) mass is 814 g/mol. The van der Waals surface area contributed by atoms with Crippen molar-refractivity contribution in [3.63, 3.8) is 0 Å². The van der Waals surface area contributed by atoms with Crippen LogP contribution >= 0.6 is 31.9 Å². The van der Waals surface area contributed by atoms with E-state index in [2.05, 4.69) is 63.3 Å². The number of halogens is 2. The minimum Gasteiger partial charge on any atom is -0.465 e. The van der Waals surface area contributed by atoms with E-state index in [1.54, 1.807) is 13.8 Å². The molecule has 8 nitrogen and oxygen atoms in total. The van der Waals surface area contributed by atoms with Crippen LogP contribution in [-0.4, -0.2) is 45.2 Å². The Bertz CT molecular complexity index is 1580. The number of allylic oxidation sites excluding steroid dienone is 3. The Labute approximate surface area is 306 Å². The molecule has 49 heavy (non-hydrogen) atoms. The summed E-state index contributed by atoms with van der Waals surface area (Å²) in [6, 6.07) is 14.9. The SMILES string of the molecule is CCOC(=O)C1(C(=O)OCC)CC(/C=C/[Si](C)(C)C)=C([C@@]23C[C@@H]2CC(C(=O)OCc2ccc(Br)cc2)(C(=O)OCc2ccc(Br)cc2)C3)C1. The first-order valence-corrected chi connectivity index (χ1v) is 21.9. The number of hydrogen-bond acceptors (Lipinski definition) is 8. The number of hydrogen-bond donors (Lipinski definition) is 0. The predicted molar refractivity (Wildman–Crippen MR) is 195 cm³/mol. The average molecular weight is 817 g/mol. The van der Waals surface area contributed by atoms with E-state index in [4.69, 9.17) is 18.9 Å². The lowest BCUT2D eigenvalue weighted by Crippen LogP contribution is -2.42. The summed E-state index contributed by atoms with van der Waals surface area (Å²) in [5.74, 6) is -2.49. The van der Waals surface area contributed by atoms with Gasteiger partial charge in [-0.15, -0.1) is 0 Å². The Balaban J connectivity index is 1.51. The van der Waals surface area contributed by atoms with Gasteiger partial charge in [-0.3, -0.25) is 19.2 Å². The summed E-state index contributed by atoms with van der Waals surface area (Å²) in [6.07, 6.45) is 3.48. The molecule has 3 aliphatic carbocycles. The maximum absolute atomic E-state index is 14.2. The third kappa shape index (κ3) is 7.83. The number of carbonyl (C=O) groups excluding carboxylic acids is 4. The van der Waals surface area contributed by atoms with Gasteiger partial charge in [0.2, 0.25) is 0 Å². The van der Waals surface area contributed by atoms with Crippen molar-refractivity contribution < 1.29 is 38.1 Å². The normalized spacial score (nSPS) is 22.1. The van der Waals surface area contributed by atoms with Gasteiger partial charge in [-0.1, -0.05) is 93.1 Å². The van der Waals surface area contributed by atoms with Crippen LogP contribution < -0.4 is 0 Å². The molecule has 2 atom stereocenters. The fourth-order valence-corrected chi connectivity index (χ4v) is 8.56. The first-order valence-electron chi connectivity index (χ1n) is 16.8. The Hall–Kier alpha value is -3.02. The molecule has 0 amide bonds. The second-order valence-electron chi connectivity index (χ2n) is 14.5. The lowest BCUT2D eigenvalue weighted by molar-refractivity contribution is -0.176. The van der Waals surface area contributed by atoms with E-state index < -0.39 is 48.2 Å². The lowest BCUT2D eigenvalue weighted by Gasteiger charge is -2.29. The van der Waals surface area contributed by atoms with Crippen LogP contribution in [0.25, 0.3) is 0 Å². The standard InChI is InChI=1S/C38H44Br2O8Si/c1-6-45-32(41)36(33(42)46-7-2)18-27(16-17-49(3,4)5)31(21-36)37-19-28(37)20-38(24-37,34(43)47-22-25-8-12-29(39)13-9-25)35(44)48-23-26-10-14-30(40)15-11-26/h8-17,28H,6-7,18-24H2,1-5H3/b17-16+/t28-,37-/m1/s1. The molecule has 0 radical (unpaired) electrons. The van der Waals surface area contributed by atoms with Crippen LogP contribution in [0.4, 0.5) is 0 Å². The van der Waals surface area contributed by atoms with Gasteiger partial charge < -0.3 is 18.9 Å². The maximum Gasteiger partial charge on any atom is 0.324 e. The number of benzene rings is 2. The molecule has 5 rings (SSSR count). The van der Waals surface area contributed by atoms with Gasteiger partial charge in [0, 0.05) is 8.95 Å². The Morgan fingerprint density at radius 1 is 0.714 bits per heavy atom. The quantitative estimate of drug-likeness (QED) is 0.0860. The summed E-state index contributed by atoms with van der Waals surface area (Å²) >= 11 is 6.86. The summed E-state index contributed by atoms with van der Waals surface area (Å²) in [6.45, 7) is 10.3. The highest BCUT2D eigenvalue weighted by molar-refractivity contribution is 9.10. The van der Waals surface area contributed by atoms with Crippen LogP contribution in [0.15, 0.2) is 80.4 Å². The van der Waals surface area contributed by atoms with Gasteiger partial charge in [-0.25, -0.2) is 0 Å². The topological polar surface area (TPSA) is 105 Å². The molecule has 3 aliphatic rings. The molecule has 11 heteroatoms. The zero-order valence-electron chi connectivity index (χ0n) is 28.7. The van der Waals surface area contributed by atoms with Gasteiger partial charge >= 0.3 is 23.9 Å². The van der Waals surface area contributed by atoms with Crippen molar-refractivity contribution in [2.24, 2.45) is 22.2 Å². The van der Waals surface area contributed by atoms with Crippen LogP contribution in [0.2, 0.25) is 19.6 Å². The van der Waals surface area contributed by atoms with Crippen molar-refractivity contribution >= 4 is 63.8 Å². The maximum atomic E-state index is 14.2. The predicted octanol–water partition coefficient (Wildman–Crippen LogP) is 8.42. The molecule has 2 aromatic carbocycles. The summed E-state index contributed by atoms with van der Waals surface area (Å²) in [5.41, 5.74) is 1.93. The fourth-order valence-electron chi connectivity index (χ4n) is 7.33. The summed E-state index contributed by atoms with van der Waals surface area (Å²) in [7, 11) is -1.69. The molecule has 0 bridgehead atoms. The Kier molecular flexibility index (Phi) is 11.2. The van der Waals surface area contributed by atoms with Crippen molar-refractivity contribution in [3.8, 4) is 0 Å². The van der Waals surface area contributed by atoms with Crippen molar-refractivity contribution in [2.45, 2.75) is 78.8 Å². The van der Waals surface area contributed by atoms with Crippen LogP contribution in [0.1, 0.15) is 57.1 Å². The van der Waals surface area contributed by atoms with Crippen LogP contribution in [0.5, 0.6) is 0 Å². The second kappa shape index (κ2) is 14.7. The average Bonchev–Trinajstić information content (AvgIpc) is 3.41. The molecule has 0 aliphatic heterocycles. The van der Waals surface area contributed by atoms with Gasteiger partial charge in [0.05, 0.1) is 21.3 Å². The molecular weight excluding hydrogens is 772 g/mol. The highest BCUT2D eigenvalue weighted by Crippen LogP contribution is 2.76. The summed E-state index contributed by atoms with van der Waals surface area (Å²) < 4.78 is 24.6. The minimum absolute atomic E-state index is 0.00719. The van der Waals surface area contributed by atoms with Crippen molar-refractivity contribution in [1.29, 1.82) is 0 Å². The number of ether oxygens (including phenoxy) is 4. The van der Waals surface area contributed by atoms with Gasteiger partial charge in [0.15, 0.2) is 10.8 Å². The molecule has 0 spiro atoms. The third-order valence-corrected chi connectivity index (χ3v) is 12.1. The van der Waals surface area contributed by atoms with Crippen molar-refractivity contribution in [3.05, 3.63) is 91.5 Å². The smallest absolute Gasteiger partial charge is 0.324 e. The fraction of sp³-hybridized carbons (Fsp3) is 0.474. The van der Waals surface area contributed by atoms with E-state index in [-0.39, 0.29) is 58.0 Å². The number of rotatable bonds is 13. The van der Waals surface area contributed by atoms with Gasteiger partial charge in [-0.05, 0) is 98.2 Å². The molecule has 0 heterocycles. The number of carbonyl (C=O) groups is 4. The van der Waals surface area contributed by atoms with Gasteiger partial charge in [0.1, 0.15) is 13.2 Å². The van der Waals surface area contributed by atoms with E-state index in [9.17, 15) is 19.2 Å². The lowest BCUT2D eigenvalue weighted by atomic mass is 9.76. The van der Waals surface area contributed by atoms with Gasteiger partial charge in [-0.2, -0.15) is 0 Å². The molecule has 0 saturated heterocycles. The van der Waals surface area contributed by atoms with Crippen LogP contribution in [0.3, 0.4) is 0 Å². The molecule has 262 valence electrons. The Morgan fingerprint density at radius 3 is 1.63 bits per heavy atom. The molecule has 2 aromatic rings. The van der Waals surface area contributed by atoms with Crippen molar-refractivity contribution in [2.75, 3.05) is 13.2 Å². The highest BCUT2D eigenvalue weighted by Gasteiger charge is 2.74. The van der Waals surface area contributed by atoms with E-state index in [0.717, 1.165) is 37.6 Å². The van der Waals surface area contributed by atoms with E-state index in [1.807, 2.05) is 48.5 Å². The molecule has 0 N–H and O–H groups in total. The zero-order chi connectivity index (χ0) is 35.6. The zero-order valence-corrected chi connectivity index (χ0v) is 32.9. The first-order chi connectivity index (χ1) is 23.2. The van der Waals surface area contributed by atoms with E-state index in [1.165, 1.54) is 0 Å². The Morgan fingerprint density at radius 2 is 1.18 bits per heavy atom. The highest BCUT2D eigenvalue weighted by atomic mass is 79.9. The van der Waals surface area contributed by atoms with Gasteiger partial charge in [0.25, 0.3) is 0 Å². The number of fused-ring (bicyclic) bond motifs is 1. The van der Waals surface area contributed by atoms with E-state index in [0.29, 0.717) is 0 Å². The molecule has 2 saturated carbocycles. The van der Waals surface area contributed by atoms with E-state index >= 15 is 0 Å². The second-order valence-corrected chi connectivity index (χ2v) is 21.4. The molecule has 0 aromatic heterocycles. The third-order valence-electron chi connectivity index (χ3n) is 9.87. The minimum atomic E-state index is -1.69. The van der Waals surface area contributed by atoms with Crippen LogP contribution in [0, 0.1) is 22.2 Å². The summed E-state index contributed by atoms with van der Waals surface area (Å²) in [4.78, 5) is 55.6. The molecular formula is C38H44Br2O8Si. The summed E-state index contributed by atoms with van der Waals surface area (Å²) in [5, 5.41) is 0. The number of esters is 4. The molecule has 2 fully saturated rings. The molecule has 0 unspecified atom stereocenters.